The van der Waals surface area contributed by atoms with Crippen LogP contribution in [0.3, 0.4) is 0 Å². The van der Waals surface area contributed by atoms with Crippen molar-refractivity contribution in [1.82, 2.24) is 24.8 Å². The number of aromatic amines is 1. The molecule has 1 fully saturated rings. The molecule has 1 saturated heterocycles. The van der Waals surface area contributed by atoms with E-state index in [1.165, 1.54) is 0 Å². The first-order chi connectivity index (χ1) is 16.9. The van der Waals surface area contributed by atoms with Crippen molar-refractivity contribution in [3.63, 3.8) is 0 Å². The molecule has 35 heavy (non-hydrogen) atoms. The van der Waals surface area contributed by atoms with Gasteiger partial charge in [0.15, 0.2) is 5.58 Å². The number of aryl methyl sites for hydroxylation is 1. The van der Waals surface area contributed by atoms with Gasteiger partial charge in [0.05, 0.1) is 17.4 Å². The van der Waals surface area contributed by atoms with Crippen molar-refractivity contribution >= 4 is 40.1 Å². The molecule has 3 N–H and O–H groups in total. The monoisotopic (exact) mass is 474 g/mol. The molecule has 4 heterocycles. The number of anilines is 5. The molecule has 3 aromatic heterocycles. The SMILES string of the molecule is Cc1cnc(Nc2ccc(N3CCN(C(C)C)[C@H](C)C3)nc2)nc1Nc1ccc2oc(=O)[nH]c2c1. The summed E-state index contributed by atoms with van der Waals surface area (Å²) >= 11 is 0. The summed E-state index contributed by atoms with van der Waals surface area (Å²) < 4.78 is 5.06. The molecule has 4 aromatic rings. The molecule has 0 amide bonds. The maximum absolute atomic E-state index is 11.4. The minimum absolute atomic E-state index is 0.463. The number of hydrogen-bond donors (Lipinski definition) is 3. The molecule has 10 heteroatoms. The number of H-pyrrole nitrogens is 1. The van der Waals surface area contributed by atoms with Crippen molar-refractivity contribution in [3.05, 3.63) is 58.8 Å². The summed E-state index contributed by atoms with van der Waals surface area (Å²) in [5, 5.41) is 6.52. The van der Waals surface area contributed by atoms with E-state index in [2.05, 4.69) is 61.1 Å². The molecule has 182 valence electrons. The number of pyridine rings is 1. The van der Waals surface area contributed by atoms with E-state index < -0.39 is 5.76 Å². The fourth-order valence-corrected chi connectivity index (χ4v) is 4.52. The Balaban J connectivity index is 1.27. The van der Waals surface area contributed by atoms with Gasteiger partial charge in [-0.15, -0.1) is 0 Å². The fourth-order valence-electron chi connectivity index (χ4n) is 4.52. The van der Waals surface area contributed by atoms with Gasteiger partial charge in [0.25, 0.3) is 0 Å². The second kappa shape index (κ2) is 9.38. The molecule has 0 aliphatic carbocycles. The van der Waals surface area contributed by atoms with E-state index in [9.17, 15) is 4.79 Å². The van der Waals surface area contributed by atoms with Gasteiger partial charge in [-0.1, -0.05) is 0 Å². The molecule has 0 spiro atoms. The van der Waals surface area contributed by atoms with Gasteiger partial charge in [0.2, 0.25) is 5.95 Å². The zero-order chi connectivity index (χ0) is 24.5. The summed E-state index contributed by atoms with van der Waals surface area (Å²) in [5.74, 6) is 1.62. The second-order valence-corrected chi connectivity index (χ2v) is 9.23. The molecular weight excluding hydrogens is 444 g/mol. The van der Waals surface area contributed by atoms with Crippen molar-refractivity contribution in [2.45, 2.75) is 39.8 Å². The number of hydrogen-bond acceptors (Lipinski definition) is 9. The highest BCUT2D eigenvalue weighted by Gasteiger charge is 2.26. The fraction of sp³-hybridized carbons (Fsp3) is 0.360. The molecule has 0 saturated carbocycles. The van der Waals surface area contributed by atoms with Crippen LogP contribution >= 0.6 is 0 Å². The first-order valence-corrected chi connectivity index (χ1v) is 11.8. The minimum Gasteiger partial charge on any atom is -0.408 e. The smallest absolute Gasteiger partial charge is 0.408 e. The number of piperazine rings is 1. The van der Waals surface area contributed by atoms with Gasteiger partial charge in [0, 0.05) is 49.2 Å². The Kier molecular flexibility index (Phi) is 6.12. The third-order valence-corrected chi connectivity index (χ3v) is 6.32. The van der Waals surface area contributed by atoms with Crippen LogP contribution in [0, 0.1) is 6.92 Å². The summed E-state index contributed by atoms with van der Waals surface area (Å²) in [4.78, 5) is 32.6. The van der Waals surface area contributed by atoms with Crippen molar-refractivity contribution in [1.29, 1.82) is 0 Å². The molecule has 0 radical (unpaired) electrons. The van der Waals surface area contributed by atoms with Crippen LogP contribution in [0.1, 0.15) is 26.3 Å². The van der Waals surface area contributed by atoms with Gasteiger partial charge >= 0.3 is 5.76 Å². The molecular formula is C25H30N8O2. The van der Waals surface area contributed by atoms with Crippen molar-refractivity contribution < 1.29 is 4.42 Å². The number of aromatic nitrogens is 4. The van der Waals surface area contributed by atoms with Gasteiger partial charge < -0.3 is 20.0 Å². The summed E-state index contributed by atoms with van der Waals surface area (Å²) in [6.07, 6.45) is 3.57. The number of fused-ring (bicyclic) bond motifs is 1. The predicted octanol–water partition coefficient (Wildman–Crippen LogP) is 4.02. The molecule has 1 aliphatic rings. The van der Waals surface area contributed by atoms with Gasteiger partial charge in [-0.25, -0.2) is 14.8 Å². The van der Waals surface area contributed by atoms with E-state index >= 15 is 0 Å². The van der Waals surface area contributed by atoms with Crippen LogP contribution in [0.15, 0.2) is 51.9 Å². The summed E-state index contributed by atoms with van der Waals surface area (Å²) in [6, 6.07) is 10.5. The Morgan fingerprint density at radius 3 is 2.66 bits per heavy atom. The topological polar surface area (TPSA) is 115 Å². The van der Waals surface area contributed by atoms with Gasteiger partial charge in [-0.3, -0.25) is 9.88 Å². The average Bonchev–Trinajstić information content (AvgIpc) is 3.20. The van der Waals surface area contributed by atoms with Crippen LogP contribution in [0.25, 0.3) is 11.1 Å². The molecule has 0 bridgehead atoms. The molecule has 1 aromatic carbocycles. The zero-order valence-corrected chi connectivity index (χ0v) is 20.4. The van der Waals surface area contributed by atoms with Crippen LogP contribution < -0.4 is 21.3 Å². The second-order valence-electron chi connectivity index (χ2n) is 9.23. The van der Waals surface area contributed by atoms with Crippen LogP contribution in [0.5, 0.6) is 0 Å². The number of nitrogens with one attached hydrogen (secondary N) is 3. The zero-order valence-electron chi connectivity index (χ0n) is 20.4. The van der Waals surface area contributed by atoms with Crippen LogP contribution in [-0.2, 0) is 0 Å². The molecule has 5 rings (SSSR count). The number of benzene rings is 1. The van der Waals surface area contributed by atoms with E-state index in [1.807, 2.05) is 31.3 Å². The van der Waals surface area contributed by atoms with Gasteiger partial charge in [-0.2, -0.15) is 4.98 Å². The average molecular weight is 475 g/mol. The Labute approximate surface area is 203 Å². The van der Waals surface area contributed by atoms with Gasteiger partial charge in [0.1, 0.15) is 11.6 Å². The Hall–Kier alpha value is -3.92. The maximum Gasteiger partial charge on any atom is 0.417 e. The van der Waals surface area contributed by atoms with E-state index in [-0.39, 0.29) is 0 Å². The summed E-state index contributed by atoms with van der Waals surface area (Å²) in [6.45, 7) is 11.7. The highest BCUT2D eigenvalue weighted by molar-refractivity contribution is 5.78. The lowest BCUT2D eigenvalue weighted by molar-refractivity contribution is 0.148. The lowest BCUT2D eigenvalue weighted by Gasteiger charge is -2.42. The van der Waals surface area contributed by atoms with Crippen LogP contribution in [0.2, 0.25) is 0 Å². The van der Waals surface area contributed by atoms with Crippen molar-refractivity contribution in [2.24, 2.45) is 0 Å². The molecule has 1 aliphatic heterocycles. The van der Waals surface area contributed by atoms with E-state index in [0.717, 1.165) is 42.4 Å². The first kappa shape index (κ1) is 22.9. The third kappa shape index (κ3) is 4.97. The molecule has 0 unspecified atom stereocenters. The highest BCUT2D eigenvalue weighted by Crippen LogP contribution is 2.24. The largest absolute Gasteiger partial charge is 0.417 e. The Morgan fingerprint density at radius 1 is 1.09 bits per heavy atom. The third-order valence-electron chi connectivity index (χ3n) is 6.32. The normalized spacial score (nSPS) is 16.7. The minimum atomic E-state index is -0.478. The summed E-state index contributed by atoms with van der Waals surface area (Å²) in [7, 11) is 0. The quantitative estimate of drug-likeness (QED) is 0.381. The molecule has 1 atom stereocenters. The standard InChI is InChI=1S/C25H30N8O2/c1-15(2)33-10-9-32(14-17(33)4)22-8-6-19(13-26-22)29-24-27-12-16(3)23(31-24)28-18-5-7-21-20(11-18)30-25(34)35-21/h5-8,11-13,15,17H,9-10,14H2,1-4H3,(H,30,34)(H2,27,28,29,31)/t17-/m1/s1. The maximum atomic E-state index is 11.4. The Morgan fingerprint density at radius 2 is 1.91 bits per heavy atom. The van der Waals surface area contributed by atoms with E-state index in [0.29, 0.717) is 34.9 Å². The van der Waals surface area contributed by atoms with Crippen LogP contribution in [0.4, 0.5) is 29.0 Å². The predicted molar refractivity (Wildman–Crippen MR) is 138 cm³/mol. The lowest BCUT2D eigenvalue weighted by Crippen LogP contribution is -2.54. The van der Waals surface area contributed by atoms with Crippen molar-refractivity contribution in [3.8, 4) is 0 Å². The molecule has 10 nitrogen and oxygen atoms in total. The number of rotatable bonds is 6. The first-order valence-electron chi connectivity index (χ1n) is 11.8. The highest BCUT2D eigenvalue weighted by atomic mass is 16.4. The van der Waals surface area contributed by atoms with Crippen LogP contribution in [-0.4, -0.2) is 56.6 Å². The van der Waals surface area contributed by atoms with E-state index in [4.69, 9.17) is 4.42 Å². The summed E-state index contributed by atoms with van der Waals surface area (Å²) in [5.41, 5.74) is 3.61. The lowest BCUT2D eigenvalue weighted by atomic mass is 10.1. The number of nitrogens with zero attached hydrogens (tertiary/aromatic N) is 5. The number of oxazole rings is 1. The Bertz CT molecular complexity index is 1380. The van der Waals surface area contributed by atoms with E-state index in [1.54, 1.807) is 18.3 Å². The van der Waals surface area contributed by atoms with Crippen molar-refractivity contribution in [2.75, 3.05) is 35.2 Å². The van der Waals surface area contributed by atoms with Gasteiger partial charge in [-0.05, 0) is 58.0 Å².